The van der Waals surface area contributed by atoms with E-state index in [4.69, 9.17) is 11.6 Å². The molecule has 0 N–H and O–H groups in total. The molecule has 5 heteroatoms. The Morgan fingerprint density at radius 2 is 2.19 bits per heavy atom. The highest BCUT2D eigenvalue weighted by atomic mass is 35.5. The number of carbonyl (C=O) groups excluding carboxylic acids is 1. The minimum Gasteiger partial charge on any atom is -0.294 e. The van der Waals surface area contributed by atoms with Gasteiger partial charge in [0.05, 0.1) is 16.9 Å². The van der Waals surface area contributed by atoms with E-state index in [1.807, 2.05) is 6.92 Å². The van der Waals surface area contributed by atoms with Crippen molar-refractivity contribution >= 4 is 17.4 Å². The summed E-state index contributed by atoms with van der Waals surface area (Å²) in [6, 6.07) is 3.45. The first kappa shape index (κ1) is 10.8. The molecule has 16 heavy (non-hydrogen) atoms. The second kappa shape index (κ2) is 4.06. The molecule has 2 aromatic heterocycles. The Morgan fingerprint density at radius 3 is 2.62 bits per heavy atom. The van der Waals surface area contributed by atoms with Crippen LogP contribution in [0.4, 0.5) is 0 Å². The number of ketones is 1. The number of Topliss-reactive ketones (excluding diaryl/α,β-unsaturated/α-hetero) is 1. The van der Waals surface area contributed by atoms with Gasteiger partial charge in [-0.25, -0.2) is 9.67 Å². The van der Waals surface area contributed by atoms with Crippen LogP contribution in [-0.4, -0.2) is 20.5 Å². The zero-order valence-electron chi connectivity index (χ0n) is 8.94. The van der Waals surface area contributed by atoms with Crippen molar-refractivity contribution in [1.29, 1.82) is 0 Å². The summed E-state index contributed by atoms with van der Waals surface area (Å²) in [5.41, 5.74) is 1.33. The van der Waals surface area contributed by atoms with Crippen molar-refractivity contribution in [3.63, 3.8) is 0 Å². The molecule has 4 nitrogen and oxygen atoms in total. The maximum Gasteiger partial charge on any atom is 0.161 e. The van der Waals surface area contributed by atoms with E-state index >= 15 is 0 Å². The molecule has 0 bridgehead atoms. The standard InChI is InChI=1S/C11H10ClN3O/c1-7-10(12)6-15(14-7)11-4-3-9(5-13-11)8(2)16/h3-6H,1-2H3. The van der Waals surface area contributed by atoms with Crippen LogP contribution in [-0.2, 0) is 0 Å². The highest BCUT2D eigenvalue weighted by Gasteiger charge is 2.05. The number of rotatable bonds is 2. The van der Waals surface area contributed by atoms with Crippen molar-refractivity contribution in [2.24, 2.45) is 0 Å². The van der Waals surface area contributed by atoms with Gasteiger partial charge in [0.25, 0.3) is 0 Å². The van der Waals surface area contributed by atoms with Gasteiger partial charge in [-0.3, -0.25) is 4.79 Å². The van der Waals surface area contributed by atoms with Gasteiger partial charge in [0, 0.05) is 11.8 Å². The molecule has 0 saturated heterocycles. The second-order valence-corrected chi connectivity index (χ2v) is 3.88. The molecule has 0 saturated carbocycles. The summed E-state index contributed by atoms with van der Waals surface area (Å²) < 4.78 is 1.58. The SMILES string of the molecule is CC(=O)c1ccc(-n2cc(Cl)c(C)n2)nc1. The Balaban J connectivity index is 2.38. The van der Waals surface area contributed by atoms with Gasteiger partial charge in [-0.05, 0) is 26.0 Å². The number of nitrogens with zero attached hydrogens (tertiary/aromatic N) is 3. The van der Waals surface area contributed by atoms with Crippen LogP contribution in [0.5, 0.6) is 0 Å². The normalized spacial score (nSPS) is 10.4. The fourth-order valence-corrected chi connectivity index (χ4v) is 1.42. The first-order chi connectivity index (χ1) is 7.58. The smallest absolute Gasteiger partial charge is 0.161 e. The van der Waals surface area contributed by atoms with Crippen LogP contribution >= 0.6 is 11.6 Å². The molecule has 0 spiro atoms. The molecule has 0 aromatic carbocycles. The summed E-state index contributed by atoms with van der Waals surface area (Å²) in [6.07, 6.45) is 3.22. The molecular weight excluding hydrogens is 226 g/mol. The molecule has 2 heterocycles. The Labute approximate surface area is 97.9 Å². The Hall–Kier alpha value is -1.68. The number of halogens is 1. The molecule has 0 unspecified atom stereocenters. The molecule has 0 aliphatic carbocycles. The number of hydrogen-bond donors (Lipinski definition) is 0. The number of hydrogen-bond acceptors (Lipinski definition) is 3. The van der Waals surface area contributed by atoms with E-state index in [2.05, 4.69) is 10.1 Å². The first-order valence-electron chi connectivity index (χ1n) is 4.77. The maximum absolute atomic E-state index is 11.1. The lowest BCUT2D eigenvalue weighted by molar-refractivity contribution is 0.101. The quantitative estimate of drug-likeness (QED) is 0.751. The van der Waals surface area contributed by atoms with Crippen molar-refractivity contribution in [2.75, 3.05) is 0 Å². The summed E-state index contributed by atoms with van der Waals surface area (Å²) in [7, 11) is 0. The largest absolute Gasteiger partial charge is 0.294 e. The minimum absolute atomic E-state index is 0.00581. The molecule has 2 aromatic rings. The van der Waals surface area contributed by atoms with E-state index in [9.17, 15) is 4.79 Å². The molecule has 2 rings (SSSR count). The summed E-state index contributed by atoms with van der Waals surface area (Å²) in [5, 5.41) is 4.79. The molecule has 0 radical (unpaired) electrons. The van der Waals surface area contributed by atoms with Crippen molar-refractivity contribution in [3.05, 3.63) is 40.8 Å². The van der Waals surface area contributed by atoms with Gasteiger partial charge in [0.1, 0.15) is 0 Å². The second-order valence-electron chi connectivity index (χ2n) is 3.47. The summed E-state index contributed by atoms with van der Waals surface area (Å²) in [4.78, 5) is 15.2. The highest BCUT2D eigenvalue weighted by Crippen LogP contribution is 2.15. The number of aromatic nitrogens is 3. The lowest BCUT2D eigenvalue weighted by Crippen LogP contribution is -2.00. The van der Waals surface area contributed by atoms with Crippen molar-refractivity contribution in [1.82, 2.24) is 14.8 Å². The van der Waals surface area contributed by atoms with E-state index < -0.39 is 0 Å². The van der Waals surface area contributed by atoms with Crippen LogP contribution < -0.4 is 0 Å². The van der Waals surface area contributed by atoms with Gasteiger partial charge in [-0.1, -0.05) is 11.6 Å². The van der Waals surface area contributed by atoms with Crippen LogP contribution in [0, 0.1) is 6.92 Å². The molecule has 0 amide bonds. The van der Waals surface area contributed by atoms with Crippen LogP contribution in [0.1, 0.15) is 23.0 Å². The van der Waals surface area contributed by atoms with Gasteiger partial charge >= 0.3 is 0 Å². The minimum atomic E-state index is -0.00581. The summed E-state index contributed by atoms with van der Waals surface area (Å²) in [6.45, 7) is 3.33. The lowest BCUT2D eigenvalue weighted by Gasteiger charge is -2.00. The fourth-order valence-electron chi connectivity index (χ4n) is 1.29. The van der Waals surface area contributed by atoms with E-state index in [-0.39, 0.29) is 5.78 Å². The average Bonchev–Trinajstić information content (AvgIpc) is 2.59. The summed E-state index contributed by atoms with van der Waals surface area (Å²) in [5.74, 6) is 0.633. The van der Waals surface area contributed by atoms with Crippen LogP contribution in [0.15, 0.2) is 24.5 Å². The molecule has 0 aliphatic heterocycles. The zero-order valence-corrected chi connectivity index (χ0v) is 9.69. The third-order valence-electron chi connectivity index (χ3n) is 2.23. The Kier molecular flexibility index (Phi) is 2.75. The molecule has 0 atom stereocenters. The predicted octanol–water partition coefficient (Wildman–Crippen LogP) is 2.43. The van der Waals surface area contributed by atoms with Crippen LogP contribution in [0.3, 0.4) is 0 Å². The van der Waals surface area contributed by atoms with E-state index in [1.165, 1.54) is 13.1 Å². The maximum atomic E-state index is 11.1. The molecule has 0 fully saturated rings. The summed E-state index contributed by atoms with van der Waals surface area (Å²) >= 11 is 5.90. The number of aryl methyl sites for hydroxylation is 1. The highest BCUT2D eigenvalue weighted by molar-refractivity contribution is 6.31. The predicted molar refractivity (Wildman–Crippen MR) is 61.1 cm³/mol. The monoisotopic (exact) mass is 235 g/mol. The van der Waals surface area contributed by atoms with Crippen molar-refractivity contribution < 1.29 is 4.79 Å². The molecular formula is C11H10ClN3O. The Morgan fingerprint density at radius 1 is 1.44 bits per heavy atom. The van der Waals surface area contributed by atoms with Gasteiger partial charge in [-0.2, -0.15) is 5.10 Å². The van der Waals surface area contributed by atoms with E-state index in [0.717, 1.165) is 5.69 Å². The number of pyridine rings is 1. The van der Waals surface area contributed by atoms with Gasteiger partial charge in [-0.15, -0.1) is 0 Å². The van der Waals surface area contributed by atoms with E-state index in [0.29, 0.717) is 16.4 Å². The number of carbonyl (C=O) groups is 1. The van der Waals surface area contributed by atoms with E-state index in [1.54, 1.807) is 23.0 Å². The first-order valence-corrected chi connectivity index (χ1v) is 5.15. The third kappa shape index (κ3) is 1.97. The molecule has 82 valence electrons. The van der Waals surface area contributed by atoms with Gasteiger partial charge in [0.15, 0.2) is 11.6 Å². The Bertz CT molecular complexity index is 511. The average molecular weight is 236 g/mol. The molecule has 0 aliphatic rings. The zero-order chi connectivity index (χ0) is 11.7. The van der Waals surface area contributed by atoms with Gasteiger partial charge in [0.2, 0.25) is 0 Å². The van der Waals surface area contributed by atoms with Crippen molar-refractivity contribution in [2.45, 2.75) is 13.8 Å². The lowest BCUT2D eigenvalue weighted by atomic mass is 10.2. The van der Waals surface area contributed by atoms with Crippen molar-refractivity contribution in [3.8, 4) is 5.82 Å². The van der Waals surface area contributed by atoms with Crippen LogP contribution in [0.25, 0.3) is 5.82 Å². The van der Waals surface area contributed by atoms with Gasteiger partial charge < -0.3 is 0 Å². The van der Waals surface area contributed by atoms with Crippen LogP contribution in [0.2, 0.25) is 5.02 Å². The topological polar surface area (TPSA) is 47.8 Å². The third-order valence-corrected chi connectivity index (χ3v) is 2.60. The fraction of sp³-hybridized carbons (Fsp3) is 0.182.